The molecule has 10 heteroatoms. The highest BCUT2D eigenvalue weighted by Gasteiger charge is 2.33. The number of carbonyl (C=O) groups is 1. The molecule has 1 amide bonds. The summed E-state index contributed by atoms with van der Waals surface area (Å²) >= 11 is 0. The summed E-state index contributed by atoms with van der Waals surface area (Å²) in [6, 6.07) is 15.2. The van der Waals surface area contributed by atoms with Gasteiger partial charge in [-0.05, 0) is 68.0 Å². The zero-order valence-electron chi connectivity index (χ0n) is 21.1. The fourth-order valence-corrected chi connectivity index (χ4v) is 5.01. The van der Waals surface area contributed by atoms with Crippen LogP contribution in [0.4, 0.5) is 10.2 Å². The first kappa shape index (κ1) is 24.6. The molecule has 1 saturated heterocycles. The van der Waals surface area contributed by atoms with Gasteiger partial charge in [0.15, 0.2) is 5.65 Å². The van der Waals surface area contributed by atoms with E-state index in [1.54, 1.807) is 33.8 Å². The van der Waals surface area contributed by atoms with Crippen LogP contribution in [0.1, 0.15) is 25.7 Å². The van der Waals surface area contributed by atoms with Crippen molar-refractivity contribution in [3.63, 3.8) is 0 Å². The Morgan fingerprint density at radius 2 is 1.97 bits per heavy atom. The van der Waals surface area contributed by atoms with Gasteiger partial charge in [-0.1, -0.05) is 12.1 Å². The van der Waals surface area contributed by atoms with Gasteiger partial charge in [0.05, 0.1) is 18.0 Å². The maximum absolute atomic E-state index is 13.5. The summed E-state index contributed by atoms with van der Waals surface area (Å²) < 4.78 is 21.1. The maximum atomic E-state index is 13.5. The number of likely N-dealkylation sites (tertiary alicyclic amines) is 1. The number of nitrogen functional groups attached to an aromatic ring is 1. The smallest absolute Gasteiger partial charge is 0.264 e. The van der Waals surface area contributed by atoms with Gasteiger partial charge in [-0.25, -0.2) is 19.0 Å². The molecule has 1 atom stereocenters. The van der Waals surface area contributed by atoms with Crippen molar-refractivity contribution in [3.05, 3.63) is 72.3 Å². The average Bonchev–Trinajstić information content (AvgIpc) is 3.51. The number of benzene rings is 2. The molecule has 1 aliphatic carbocycles. The molecule has 3 heterocycles. The zero-order valence-corrected chi connectivity index (χ0v) is 21.1. The lowest BCUT2D eigenvalue weighted by Gasteiger charge is -2.24. The van der Waals surface area contributed by atoms with E-state index in [2.05, 4.69) is 16.0 Å². The number of hydrogen-bond donors (Lipinski definition) is 1. The lowest BCUT2D eigenvalue weighted by molar-refractivity contribution is -0.127. The summed E-state index contributed by atoms with van der Waals surface area (Å²) in [7, 11) is 0. The van der Waals surface area contributed by atoms with E-state index in [9.17, 15) is 14.4 Å². The number of nitriles is 1. The molecule has 1 aliphatic heterocycles. The Morgan fingerprint density at radius 1 is 1.15 bits per heavy atom. The van der Waals surface area contributed by atoms with Gasteiger partial charge in [0.25, 0.3) is 5.91 Å². The summed E-state index contributed by atoms with van der Waals surface area (Å²) in [5, 5.41) is 15.1. The van der Waals surface area contributed by atoms with E-state index in [1.165, 1.54) is 18.5 Å². The fraction of sp³-hybridized carbons (Fsp3) is 0.276. The Labute approximate surface area is 224 Å². The molecule has 0 spiro atoms. The van der Waals surface area contributed by atoms with Crippen LogP contribution in [0.5, 0.6) is 11.5 Å². The number of hydrogen-bond acceptors (Lipinski definition) is 7. The van der Waals surface area contributed by atoms with Crippen molar-refractivity contribution in [2.75, 3.05) is 12.3 Å². The van der Waals surface area contributed by atoms with E-state index in [0.29, 0.717) is 53.1 Å². The Bertz CT molecular complexity index is 1620. The highest BCUT2D eigenvalue weighted by atomic mass is 19.1. The molecule has 6 rings (SSSR count). The number of halogens is 1. The number of carbonyl (C=O) groups excluding carboxylic acids is 1. The predicted molar refractivity (Wildman–Crippen MR) is 143 cm³/mol. The van der Waals surface area contributed by atoms with Crippen molar-refractivity contribution in [2.45, 2.75) is 38.3 Å². The molecule has 9 nitrogen and oxygen atoms in total. The highest BCUT2D eigenvalue weighted by Crippen LogP contribution is 2.34. The van der Waals surface area contributed by atoms with Crippen LogP contribution in [0.3, 0.4) is 0 Å². The third kappa shape index (κ3) is 5.03. The number of rotatable bonds is 7. The molecule has 2 N–H and O–H groups in total. The van der Waals surface area contributed by atoms with Crippen molar-refractivity contribution < 1.29 is 13.9 Å². The van der Waals surface area contributed by atoms with Crippen LogP contribution in [-0.4, -0.2) is 43.1 Å². The Balaban J connectivity index is 1.28. The van der Waals surface area contributed by atoms with Gasteiger partial charge in [-0.15, -0.1) is 0 Å². The van der Waals surface area contributed by atoms with Crippen molar-refractivity contribution >= 4 is 22.8 Å². The quantitative estimate of drug-likeness (QED) is 0.271. The molecule has 0 unspecified atom stereocenters. The molecule has 2 aromatic carbocycles. The maximum Gasteiger partial charge on any atom is 0.264 e. The third-order valence-corrected chi connectivity index (χ3v) is 7.12. The van der Waals surface area contributed by atoms with E-state index in [0.717, 1.165) is 31.2 Å². The topological polar surface area (TPSA) is 123 Å². The molecule has 1 saturated carbocycles. The van der Waals surface area contributed by atoms with Gasteiger partial charge >= 0.3 is 0 Å². The van der Waals surface area contributed by atoms with Crippen LogP contribution in [0.25, 0.3) is 22.3 Å². The summed E-state index contributed by atoms with van der Waals surface area (Å²) in [5.74, 6) is 1.00. The Morgan fingerprint density at radius 3 is 2.72 bits per heavy atom. The number of nitrogens with zero attached hydrogens (tertiary/aromatic N) is 6. The van der Waals surface area contributed by atoms with Crippen LogP contribution in [-0.2, 0) is 11.3 Å². The van der Waals surface area contributed by atoms with Crippen LogP contribution in [0, 0.1) is 23.1 Å². The second-order valence-corrected chi connectivity index (χ2v) is 9.90. The second kappa shape index (κ2) is 10.2. The van der Waals surface area contributed by atoms with Gasteiger partial charge in [-0.3, -0.25) is 4.79 Å². The molecule has 196 valence electrons. The van der Waals surface area contributed by atoms with Crippen molar-refractivity contribution in [2.24, 2.45) is 5.92 Å². The van der Waals surface area contributed by atoms with E-state index >= 15 is 0 Å². The van der Waals surface area contributed by atoms with Crippen molar-refractivity contribution in [3.8, 4) is 28.8 Å². The average molecular weight is 524 g/mol. The first-order chi connectivity index (χ1) is 19.0. The predicted octanol–water partition coefficient (Wildman–Crippen LogP) is 4.86. The van der Waals surface area contributed by atoms with Crippen LogP contribution >= 0.6 is 0 Å². The number of amides is 1. The molecule has 2 fully saturated rings. The number of allylic oxidation sites excluding steroid dienone is 1. The Hall–Kier alpha value is -4.78. The molecular weight excluding hydrogens is 497 g/mol. The minimum absolute atomic E-state index is 0.123. The SMILES string of the molecule is N#C/C(=C/C1CC1)C(=O)N1CCC[C@H]1Cn1nc(-c2ccc(Oc3cccc(F)c3)cc2)c2c(N)ncnc21. The normalized spacial score (nSPS) is 17.4. The second-order valence-electron chi connectivity index (χ2n) is 9.90. The first-order valence-corrected chi connectivity index (χ1v) is 12.9. The molecule has 39 heavy (non-hydrogen) atoms. The van der Waals surface area contributed by atoms with Gasteiger partial charge in [0, 0.05) is 18.2 Å². The molecule has 2 aromatic heterocycles. The van der Waals surface area contributed by atoms with Crippen LogP contribution in [0.2, 0.25) is 0 Å². The minimum atomic E-state index is -0.373. The van der Waals surface area contributed by atoms with Gasteiger partial charge in [0.2, 0.25) is 0 Å². The number of anilines is 1. The van der Waals surface area contributed by atoms with E-state index < -0.39 is 0 Å². The van der Waals surface area contributed by atoms with Gasteiger partial charge < -0.3 is 15.4 Å². The molecular formula is C29H26FN7O2. The molecule has 4 aromatic rings. The summed E-state index contributed by atoms with van der Waals surface area (Å²) in [5.41, 5.74) is 8.47. The Kier molecular flexibility index (Phi) is 6.40. The van der Waals surface area contributed by atoms with Crippen LogP contribution in [0.15, 0.2) is 66.5 Å². The van der Waals surface area contributed by atoms with E-state index in [-0.39, 0.29) is 23.3 Å². The monoisotopic (exact) mass is 523 g/mol. The van der Waals surface area contributed by atoms with Crippen LogP contribution < -0.4 is 10.5 Å². The molecule has 2 aliphatic rings. The van der Waals surface area contributed by atoms with Gasteiger partial charge in [-0.2, -0.15) is 10.4 Å². The van der Waals surface area contributed by atoms with Crippen molar-refractivity contribution in [1.82, 2.24) is 24.6 Å². The highest BCUT2D eigenvalue weighted by molar-refractivity contribution is 5.99. The lowest BCUT2D eigenvalue weighted by Crippen LogP contribution is -2.39. The summed E-state index contributed by atoms with van der Waals surface area (Å²) in [6.07, 6.45) is 6.94. The van der Waals surface area contributed by atoms with Crippen molar-refractivity contribution in [1.29, 1.82) is 5.26 Å². The first-order valence-electron chi connectivity index (χ1n) is 12.9. The van der Waals surface area contributed by atoms with Gasteiger partial charge in [0.1, 0.15) is 46.8 Å². The number of aromatic nitrogens is 4. The zero-order chi connectivity index (χ0) is 26.9. The lowest BCUT2D eigenvalue weighted by atomic mass is 10.1. The molecule has 0 bridgehead atoms. The number of nitrogens with two attached hydrogens (primary N) is 1. The summed E-state index contributed by atoms with van der Waals surface area (Å²) in [6.45, 7) is 1.02. The third-order valence-electron chi connectivity index (χ3n) is 7.12. The van der Waals surface area contributed by atoms with E-state index in [1.807, 2.05) is 18.2 Å². The minimum Gasteiger partial charge on any atom is -0.457 e. The summed E-state index contributed by atoms with van der Waals surface area (Å²) in [4.78, 5) is 23.6. The largest absolute Gasteiger partial charge is 0.457 e. The number of ether oxygens (including phenoxy) is 1. The standard InChI is InChI=1S/C29H26FN7O2/c30-21-3-1-5-24(14-21)39-23-10-8-19(9-11-23)26-25-27(32)33-17-34-28(25)37(35-26)16-22-4-2-12-36(22)29(38)20(15-31)13-18-6-7-18/h1,3,5,8-11,13-14,17-18,22H,2,4,6-7,12,16H2,(H2,32,33,34)/b20-13-/t22-/m0/s1. The van der Waals surface area contributed by atoms with E-state index in [4.69, 9.17) is 15.6 Å². The fourth-order valence-electron chi connectivity index (χ4n) is 5.01. The molecule has 0 radical (unpaired) electrons. The number of fused-ring (bicyclic) bond motifs is 1.